The zero-order valence-electron chi connectivity index (χ0n) is 31.8. The predicted octanol–water partition coefficient (Wildman–Crippen LogP) is 12.0. The van der Waals surface area contributed by atoms with Crippen molar-refractivity contribution in [1.29, 1.82) is 0 Å². The molecule has 0 aliphatic heterocycles. The van der Waals surface area contributed by atoms with Gasteiger partial charge in [0.25, 0.3) is 0 Å². The number of carbonyl (C=O) groups is 2. The van der Waals surface area contributed by atoms with Gasteiger partial charge in [-0.2, -0.15) is 0 Å². The van der Waals surface area contributed by atoms with Crippen LogP contribution in [0.15, 0.2) is 48.6 Å². The number of esters is 2. The van der Waals surface area contributed by atoms with Gasteiger partial charge in [-0.1, -0.05) is 146 Å². The number of hydrogen-bond donors (Lipinski definition) is 2. The van der Waals surface area contributed by atoms with Gasteiger partial charge in [-0.25, -0.2) is 4.57 Å². The van der Waals surface area contributed by atoms with Crippen molar-refractivity contribution in [3.8, 4) is 0 Å². The normalized spacial score (nSPS) is 13.0. The summed E-state index contributed by atoms with van der Waals surface area (Å²) in [5, 5.41) is 0. The van der Waals surface area contributed by atoms with Crippen molar-refractivity contribution in [3.05, 3.63) is 48.6 Å². The van der Waals surface area contributed by atoms with Crippen molar-refractivity contribution in [2.75, 3.05) is 13.2 Å². The molecular weight excluding hydrogens is 651 g/mol. The van der Waals surface area contributed by atoms with Crippen LogP contribution in [-0.2, 0) is 28.2 Å². The molecule has 0 spiro atoms. The number of unbranched alkanes of at least 4 members (excludes halogenated alkanes) is 18. The monoisotopic (exact) mass is 725 g/mol. The second-order valence-corrected chi connectivity index (χ2v) is 14.5. The lowest BCUT2D eigenvalue weighted by Crippen LogP contribution is -2.29. The van der Waals surface area contributed by atoms with Gasteiger partial charge in [0.2, 0.25) is 0 Å². The molecular formula is C41H73O8P. The van der Waals surface area contributed by atoms with Gasteiger partial charge < -0.3 is 19.3 Å². The van der Waals surface area contributed by atoms with E-state index in [2.05, 4.69) is 60.9 Å². The van der Waals surface area contributed by atoms with Crippen molar-refractivity contribution in [2.45, 2.75) is 187 Å². The quantitative estimate of drug-likeness (QED) is 0.0284. The molecule has 0 aromatic carbocycles. The van der Waals surface area contributed by atoms with Crippen molar-refractivity contribution < 1.29 is 37.9 Å². The molecule has 0 saturated heterocycles. The molecule has 2 N–H and O–H groups in total. The van der Waals surface area contributed by atoms with Gasteiger partial charge in [-0.15, -0.1) is 0 Å². The highest BCUT2D eigenvalue weighted by Crippen LogP contribution is 2.36. The van der Waals surface area contributed by atoms with Crippen molar-refractivity contribution in [1.82, 2.24) is 0 Å². The topological polar surface area (TPSA) is 119 Å². The maximum atomic E-state index is 12.4. The minimum absolute atomic E-state index is 0.136. The van der Waals surface area contributed by atoms with Crippen LogP contribution in [0.2, 0.25) is 0 Å². The average Bonchev–Trinajstić information content (AvgIpc) is 3.08. The number of carbonyl (C=O) groups excluding carboxylic acids is 2. The third-order valence-electron chi connectivity index (χ3n) is 8.32. The average molecular weight is 725 g/mol. The van der Waals surface area contributed by atoms with E-state index in [0.29, 0.717) is 19.3 Å². The van der Waals surface area contributed by atoms with E-state index in [-0.39, 0.29) is 19.4 Å². The summed E-state index contributed by atoms with van der Waals surface area (Å²) in [5.41, 5.74) is 0. The SMILES string of the molecule is CCCCCCCC/C=C/C/C=C/C/C=C/CCCC(=O)O[C@H](COC(=O)CCCCC/C=C/CCCCCCCCCC)COP(=O)(O)O. The van der Waals surface area contributed by atoms with E-state index in [1.807, 2.05) is 6.08 Å². The number of phosphoric ester groups is 1. The van der Waals surface area contributed by atoms with Crippen molar-refractivity contribution in [2.24, 2.45) is 0 Å². The number of rotatable bonds is 36. The van der Waals surface area contributed by atoms with E-state index in [0.717, 1.165) is 44.9 Å². The zero-order chi connectivity index (χ0) is 36.8. The molecule has 0 aliphatic carbocycles. The molecule has 0 rings (SSSR count). The Morgan fingerprint density at radius 3 is 1.42 bits per heavy atom. The fourth-order valence-electron chi connectivity index (χ4n) is 5.32. The standard InChI is InChI=1S/C41H73O8P/c1-3-5-7-9-11-13-15-17-19-20-22-24-26-28-30-32-34-36-41(43)49-39(38-48-50(44,45)46)37-47-40(42)35-33-31-29-27-25-23-21-18-16-14-12-10-8-6-4-2/h17,19,22-25,28,30,39H,3-16,18,20-21,26-27,29,31-38H2,1-2H3,(H2,44,45,46)/b19-17+,24-22+,25-23+,30-28+/t39-/m1/s1. The Kier molecular flexibility index (Phi) is 35.3. The van der Waals surface area contributed by atoms with E-state index < -0.39 is 32.5 Å². The van der Waals surface area contributed by atoms with Crippen molar-refractivity contribution in [3.63, 3.8) is 0 Å². The summed E-state index contributed by atoms with van der Waals surface area (Å²) in [4.78, 5) is 42.7. The number of hydrogen-bond acceptors (Lipinski definition) is 6. The lowest BCUT2D eigenvalue weighted by atomic mass is 10.1. The fraction of sp³-hybridized carbons (Fsp3) is 0.756. The molecule has 0 fully saturated rings. The van der Waals surface area contributed by atoms with E-state index in [1.165, 1.54) is 89.9 Å². The smallest absolute Gasteiger partial charge is 0.462 e. The largest absolute Gasteiger partial charge is 0.469 e. The second kappa shape index (κ2) is 36.8. The van der Waals surface area contributed by atoms with Gasteiger partial charge in [0.1, 0.15) is 6.61 Å². The molecule has 0 bridgehead atoms. The molecule has 1 atom stereocenters. The number of phosphoric acid groups is 1. The maximum absolute atomic E-state index is 12.4. The summed E-state index contributed by atoms with van der Waals surface area (Å²) in [6.07, 6.45) is 44.1. The Labute approximate surface area is 305 Å². The summed E-state index contributed by atoms with van der Waals surface area (Å²) in [6.45, 7) is 3.61. The van der Waals surface area contributed by atoms with Crippen LogP contribution in [0.1, 0.15) is 181 Å². The Hall–Kier alpha value is -1.99. The third kappa shape index (κ3) is 38.8. The number of ether oxygens (including phenoxy) is 2. The van der Waals surface area contributed by atoms with Gasteiger partial charge in [-0.05, 0) is 70.6 Å². The first-order chi connectivity index (χ1) is 24.3. The molecule has 0 amide bonds. The van der Waals surface area contributed by atoms with E-state index >= 15 is 0 Å². The van der Waals surface area contributed by atoms with E-state index in [4.69, 9.17) is 19.3 Å². The first-order valence-corrected chi connectivity index (χ1v) is 21.5. The summed E-state index contributed by atoms with van der Waals surface area (Å²) in [5.74, 6) is -0.965. The molecule has 0 aliphatic rings. The van der Waals surface area contributed by atoms with E-state index in [1.54, 1.807) is 0 Å². The van der Waals surface area contributed by atoms with Crippen LogP contribution in [0.3, 0.4) is 0 Å². The van der Waals surface area contributed by atoms with E-state index in [9.17, 15) is 14.2 Å². The van der Waals surface area contributed by atoms with Gasteiger partial charge in [-0.3, -0.25) is 14.1 Å². The van der Waals surface area contributed by atoms with Gasteiger partial charge >= 0.3 is 19.8 Å². The highest BCUT2D eigenvalue weighted by Gasteiger charge is 2.22. The van der Waals surface area contributed by atoms with Crippen LogP contribution in [-0.4, -0.2) is 41.0 Å². The Morgan fingerprint density at radius 2 is 0.920 bits per heavy atom. The lowest BCUT2D eigenvalue weighted by molar-refractivity contribution is -0.161. The van der Waals surface area contributed by atoms with Gasteiger partial charge in [0.05, 0.1) is 6.61 Å². The molecule has 9 heteroatoms. The summed E-state index contributed by atoms with van der Waals surface area (Å²) in [7, 11) is -4.77. The minimum atomic E-state index is -4.77. The molecule has 0 aromatic heterocycles. The van der Waals surface area contributed by atoms with Crippen LogP contribution in [0.25, 0.3) is 0 Å². The Balaban J connectivity index is 4.06. The highest BCUT2D eigenvalue weighted by molar-refractivity contribution is 7.46. The molecule has 0 radical (unpaired) electrons. The first-order valence-electron chi connectivity index (χ1n) is 19.9. The summed E-state index contributed by atoms with van der Waals surface area (Å²) in [6, 6.07) is 0. The predicted molar refractivity (Wildman–Crippen MR) is 207 cm³/mol. The fourth-order valence-corrected chi connectivity index (χ4v) is 5.68. The van der Waals surface area contributed by atoms with Crippen LogP contribution in [0.4, 0.5) is 0 Å². The maximum Gasteiger partial charge on any atom is 0.469 e. The Morgan fingerprint density at radius 1 is 0.520 bits per heavy atom. The van der Waals surface area contributed by atoms with Gasteiger partial charge in [0, 0.05) is 12.8 Å². The summed E-state index contributed by atoms with van der Waals surface area (Å²) < 4.78 is 26.3. The molecule has 290 valence electrons. The van der Waals surface area contributed by atoms with Crippen LogP contribution in [0, 0.1) is 0 Å². The van der Waals surface area contributed by atoms with Crippen LogP contribution in [0.5, 0.6) is 0 Å². The molecule has 50 heavy (non-hydrogen) atoms. The molecule has 0 saturated carbocycles. The summed E-state index contributed by atoms with van der Waals surface area (Å²) >= 11 is 0. The highest BCUT2D eigenvalue weighted by atomic mass is 31.2. The first kappa shape index (κ1) is 48.0. The zero-order valence-corrected chi connectivity index (χ0v) is 32.7. The third-order valence-corrected chi connectivity index (χ3v) is 8.81. The number of allylic oxidation sites excluding steroid dienone is 8. The molecule has 8 nitrogen and oxygen atoms in total. The van der Waals surface area contributed by atoms with Crippen molar-refractivity contribution >= 4 is 19.8 Å². The molecule has 0 heterocycles. The van der Waals surface area contributed by atoms with Crippen LogP contribution >= 0.6 is 7.82 Å². The molecule has 0 unspecified atom stereocenters. The van der Waals surface area contributed by atoms with Gasteiger partial charge in [0.15, 0.2) is 6.10 Å². The van der Waals surface area contributed by atoms with Crippen LogP contribution < -0.4 is 0 Å². The lowest BCUT2D eigenvalue weighted by Gasteiger charge is -2.18. The minimum Gasteiger partial charge on any atom is -0.462 e. The Bertz CT molecular complexity index is 952. The molecule has 0 aromatic rings. The second-order valence-electron chi connectivity index (χ2n) is 13.2.